The third-order valence-electron chi connectivity index (χ3n) is 2.11. The van der Waals surface area contributed by atoms with Gasteiger partial charge in [-0.1, -0.05) is 6.07 Å². The second-order valence-electron chi connectivity index (χ2n) is 3.43. The Hall–Kier alpha value is -2.15. The van der Waals surface area contributed by atoms with Crippen molar-refractivity contribution in [1.29, 1.82) is 0 Å². The molecule has 0 atom stereocenters. The molecule has 0 saturated carbocycles. The molecule has 1 aromatic carbocycles. The average Bonchev–Trinajstić information content (AvgIpc) is 2.58. The lowest BCUT2D eigenvalue weighted by Crippen LogP contribution is -2.15. The van der Waals surface area contributed by atoms with Gasteiger partial charge in [-0.05, 0) is 30.4 Å². The number of H-pyrrole nitrogens is 2. The SMILES string of the molecule is CC(=O)Nc1cccc(-n2c(=O)[nH][nH]c2=S)c1. The molecule has 17 heavy (non-hydrogen) atoms. The van der Waals surface area contributed by atoms with Crippen LogP contribution in [0.15, 0.2) is 29.1 Å². The van der Waals surface area contributed by atoms with Gasteiger partial charge in [-0.15, -0.1) is 0 Å². The Bertz CT molecular complexity index is 640. The minimum atomic E-state index is -0.352. The first kappa shape index (κ1) is 11.3. The summed E-state index contributed by atoms with van der Waals surface area (Å²) in [7, 11) is 0. The van der Waals surface area contributed by atoms with Crippen molar-refractivity contribution >= 4 is 23.8 Å². The lowest BCUT2D eigenvalue weighted by atomic mass is 10.2. The number of carbonyl (C=O) groups excluding carboxylic acids is 1. The first-order chi connectivity index (χ1) is 8.08. The average molecular weight is 250 g/mol. The molecule has 6 nitrogen and oxygen atoms in total. The number of benzene rings is 1. The molecule has 0 aliphatic rings. The Morgan fingerprint density at radius 3 is 2.76 bits per heavy atom. The molecule has 2 aromatic rings. The van der Waals surface area contributed by atoms with E-state index in [4.69, 9.17) is 12.2 Å². The van der Waals surface area contributed by atoms with Crippen LogP contribution in [0.2, 0.25) is 0 Å². The second-order valence-corrected chi connectivity index (χ2v) is 3.81. The molecule has 0 radical (unpaired) electrons. The Morgan fingerprint density at radius 1 is 1.41 bits per heavy atom. The molecule has 0 saturated heterocycles. The van der Waals surface area contributed by atoms with Crippen LogP contribution >= 0.6 is 12.2 Å². The molecule has 0 bridgehead atoms. The van der Waals surface area contributed by atoms with Crippen LogP contribution in [0.5, 0.6) is 0 Å². The summed E-state index contributed by atoms with van der Waals surface area (Å²) in [5, 5.41) is 7.57. The number of carbonyl (C=O) groups is 1. The fourth-order valence-electron chi connectivity index (χ4n) is 1.47. The standard InChI is InChI=1S/C10H10N4O2S/c1-6(15)11-7-3-2-4-8(5-7)14-9(16)12-13-10(14)17/h2-5H,1H3,(H,11,15)(H,12,16)(H,13,17). The topological polar surface area (TPSA) is 82.7 Å². The van der Waals surface area contributed by atoms with Crippen LogP contribution in [0.1, 0.15) is 6.92 Å². The highest BCUT2D eigenvalue weighted by molar-refractivity contribution is 7.71. The summed E-state index contributed by atoms with van der Waals surface area (Å²) in [5.41, 5.74) is 0.844. The molecule has 1 aromatic heterocycles. The van der Waals surface area contributed by atoms with Gasteiger partial charge in [0.1, 0.15) is 0 Å². The number of aromatic amines is 2. The predicted octanol–water partition coefficient (Wildman–Crippen LogP) is 1.18. The molecule has 2 rings (SSSR count). The van der Waals surface area contributed by atoms with E-state index in [0.29, 0.717) is 11.4 Å². The van der Waals surface area contributed by atoms with Gasteiger partial charge < -0.3 is 5.32 Å². The summed E-state index contributed by atoms with van der Waals surface area (Å²) in [6, 6.07) is 6.86. The van der Waals surface area contributed by atoms with Gasteiger partial charge in [0.2, 0.25) is 10.7 Å². The maximum atomic E-state index is 11.5. The van der Waals surface area contributed by atoms with Crippen LogP contribution in [-0.4, -0.2) is 20.7 Å². The Kier molecular flexibility index (Phi) is 2.92. The van der Waals surface area contributed by atoms with E-state index in [0.717, 1.165) is 0 Å². The molecular formula is C10H10N4O2S. The number of amides is 1. The fraction of sp³-hybridized carbons (Fsp3) is 0.100. The molecule has 0 unspecified atom stereocenters. The zero-order chi connectivity index (χ0) is 12.4. The number of nitrogens with one attached hydrogen (secondary N) is 3. The monoisotopic (exact) mass is 250 g/mol. The van der Waals surface area contributed by atoms with Gasteiger partial charge in [0.25, 0.3) is 0 Å². The van der Waals surface area contributed by atoms with E-state index in [1.807, 2.05) is 0 Å². The normalized spacial score (nSPS) is 10.2. The minimum absolute atomic E-state index is 0.172. The summed E-state index contributed by atoms with van der Waals surface area (Å²) in [6.07, 6.45) is 0. The van der Waals surface area contributed by atoms with Crippen molar-refractivity contribution in [3.05, 3.63) is 39.5 Å². The van der Waals surface area contributed by atoms with E-state index in [9.17, 15) is 9.59 Å². The lowest BCUT2D eigenvalue weighted by molar-refractivity contribution is -0.114. The number of rotatable bonds is 2. The molecule has 0 aliphatic heterocycles. The third kappa shape index (κ3) is 2.34. The highest BCUT2D eigenvalue weighted by atomic mass is 32.1. The van der Waals surface area contributed by atoms with Crippen LogP contribution in [0.4, 0.5) is 5.69 Å². The highest BCUT2D eigenvalue weighted by Gasteiger charge is 2.04. The summed E-state index contributed by atoms with van der Waals surface area (Å²) >= 11 is 4.97. The fourth-order valence-corrected chi connectivity index (χ4v) is 1.71. The molecule has 88 valence electrons. The van der Waals surface area contributed by atoms with Crippen molar-refractivity contribution in [2.45, 2.75) is 6.92 Å². The first-order valence-electron chi connectivity index (χ1n) is 4.85. The molecular weight excluding hydrogens is 240 g/mol. The largest absolute Gasteiger partial charge is 0.347 e. The van der Waals surface area contributed by atoms with Gasteiger partial charge in [0.15, 0.2) is 0 Å². The zero-order valence-electron chi connectivity index (χ0n) is 8.98. The van der Waals surface area contributed by atoms with Gasteiger partial charge in [0, 0.05) is 12.6 Å². The van der Waals surface area contributed by atoms with Crippen molar-refractivity contribution in [3.8, 4) is 5.69 Å². The molecule has 3 N–H and O–H groups in total. The van der Waals surface area contributed by atoms with Crippen molar-refractivity contribution in [2.24, 2.45) is 0 Å². The molecule has 0 aliphatic carbocycles. The smallest absolute Gasteiger partial charge is 0.326 e. The van der Waals surface area contributed by atoms with E-state index in [1.54, 1.807) is 24.3 Å². The van der Waals surface area contributed by atoms with Crippen LogP contribution in [0.25, 0.3) is 5.69 Å². The van der Waals surface area contributed by atoms with Crippen LogP contribution in [-0.2, 0) is 4.79 Å². The summed E-state index contributed by atoms with van der Waals surface area (Å²) in [4.78, 5) is 22.4. The maximum absolute atomic E-state index is 11.5. The second kappa shape index (κ2) is 4.38. The van der Waals surface area contributed by atoms with E-state index >= 15 is 0 Å². The number of anilines is 1. The summed E-state index contributed by atoms with van der Waals surface area (Å²) in [5.74, 6) is -0.172. The number of hydrogen-bond acceptors (Lipinski definition) is 3. The molecule has 0 spiro atoms. The van der Waals surface area contributed by atoms with Crippen molar-refractivity contribution in [3.63, 3.8) is 0 Å². The van der Waals surface area contributed by atoms with Crippen molar-refractivity contribution in [2.75, 3.05) is 5.32 Å². The van der Waals surface area contributed by atoms with Crippen molar-refractivity contribution in [1.82, 2.24) is 14.8 Å². The van der Waals surface area contributed by atoms with E-state index in [1.165, 1.54) is 11.5 Å². The molecule has 1 heterocycles. The van der Waals surface area contributed by atoms with Crippen LogP contribution in [0, 0.1) is 4.77 Å². The highest BCUT2D eigenvalue weighted by Crippen LogP contribution is 2.13. The van der Waals surface area contributed by atoms with Gasteiger partial charge in [-0.2, -0.15) is 0 Å². The Morgan fingerprint density at radius 2 is 2.18 bits per heavy atom. The lowest BCUT2D eigenvalue weighted by Gasteiger charge is -2.05. The van der Waals surface area contributed by atoms with Gasteiger partial charge in [0.05, 0.1) is 5.69 Å². The maximum Gasteiger partial charge on any atom is 0.347 e. The third-order valence-corrected chi connectivity index (χ3v) is 2.39. The van der Waals surface area contributed by atoms with Crippen molar-refractivity contribution < 1.29 is 4.79 Å². The Balaban J connectivity index is 2.50. The predicted molar refractivity (Wildman–Crippen MR) is 65.9 cm³/mol. The van der Waals surface area contributed by atoms with Crippen LogP contribution < -0.4 is 11.0 Å². The number of aromatic nitrogens is 3. The van der Waals surface area contributed by atoms with Gasteiger partial charge in [-0.3, -0.25) is 9.89 Å². The van der Waals surface area contributed by atoms with Gasteiger partial charge in [-0.25, -0.2) is 14.5 Å². The van der Waals surface area contributed by atoms with Gasteiger partial charge >= 0.3 is 5.69 Å². The van der Waals surface area contributed by atoms with E-state index in [-0.39, 0.29) is 16.4 Å². The molecule has 1 amide bonds. The number of nitrogens with zero attached hydrogens (tertiary/aromatic N) is 1. The van der Waals surface area contributed by atoms with E-state index in [2.05, 4.69) is 15.5 Å². The van der Waals surface area contributed by atoms with Crippen LogP contribution in [0.3, 0.4) is 0 Å². The minimum Gasteiger partial charge on any atom is -0.326 e. The first-order valence-corrected chi connectivity index (χ1v) is 5.26. The number of hydrogen-bond donors (Lipinski definition) is 3. The van der Waals surface area contributed by atoms with E-state index < -0.39 is 0 Å². The molecule has 0 fully saturated rings. The zero-order valence-corrected chi connectivity index (χ0v) is 9.80. The molecule has 7 heteroatoms. The Labute approximate surface area is 101 Å². The summed E-state index contributed by atoms with van der Waals surface area (Å²) in [6.45, 7) is 1.42. The quantitative estimate of drug-likeness (QED) is 0.700. The summed E-state index contributed by atoms with van der Waals surface area (Å²) < 4.78 is 1.58.